The van der Waals surface area contributed by atoms with Gasteiger partial charge in [0.05, 0.1) is 5.92 Å². The molecule has 0 spiro atoms. The van der Waals surface area contributed by atoms with Gasteiger partial charge in [0.1, 0.15) is 0 Å². The summed E-state index contributed by atoms with van der Waals surface area (Å²) < 4.78 is 0. The third kappa shape index (κ3) is 3.16. The summed E-state index contributed by atoms with van der Waals surface area (Å²) in [7, 11) is 0. The second-order valence-corrected chi connectivity index (χ2v) is 6.53. The number of rotatable bonds is 4. The summed E-state index contributed by atoms with van der Waals surface area (Å²) in [6.45, 7) is 1.83. The second kappa shape index (κ2) is 6.65. The van der Waals surface area contributed by atoms with Crippen molar-refractivity contribution >= 4 is 17.5 Å². The zero-order valence-corrected chi connectivity index (χ0v) is 13.0. The van der Waals surface area contributed by atoms with Crippen LogP contribution >= 0.6 is 11.6 Å². The number of carbonyl (C=O) groups excluding carboxylic acids is 1. The number of fused-ring (bicyclic) bond motifs is 1. The van der Waals surface area contributed by atoms with Crippen LogP contribution < -0.4 is 0 Å². The van der Waals surface area contributed by atoms with Crippen LogP contribution in [0.1, 0.15) is 30.7 Å². The van der Waals surface area contributed by atoms with E-state index >= 15 is 0 Å². The Morgan fingerprint density at radius 2 is 1.76 bits per heavy atom. The van der Waals surface area contributed by atoms with E-state index in [9.17, 15) is 4.79 Å². The van der Waals surface area contributed by atoms with Gasteiger partial charge in [-0.1, -0.05) is 42.5 Å². The van der Waals surface area contributed by atoms with Gasteiger partial charge in [0.2, 0.25) is 5.91 Å². The zero-order chi connectivity index (χ0) is 14.7. The number of allylic oxidation sites excluding steroid dienone is 2. The Morgan fingerprint density at radius 3 is 2.33 bits per heavy atom. The van der Waals surface area contributed by atoms with E-state index in [0.29, 0.717) is 24.1 Å². The highest BCUT2D eigenvalue weighted by Crippen LogP contribution is 2.35. The predicted molar refractivity (Wildman–Crippen MR) is 86.5 cm³/mol. The monoisotopic (exact) mass is 303 g/mol. The van der Waals surface area contributed by atoms with E-state index in [1.807, 2.05) is 30.3 Å². The second-order valence-electron chi connectivity index (χ2n) is 6.15. The number of amides is 1. The van der Waals surface area contributed by atoms with E-state index in [2.05, 4.69) is 17.1 Å². The lowest BCUT2D eigenvalue weighted by atomic mass is 9.86. The van der Waals surface area contributed by atoms with Crippen LogP contribution in [0.5, 0.6) is 0 Å². The van der Waals surface area contributed by atoms with Crippen molar-refractivity contribution < 1.29 is 4.79 Å². The van der Waals surface area contributed by atoms with Crippen molar-refractivity contribution in [2.75, 3.05) is 19.0 Å². The van der Waals surface area contributed by atoms with E-state index < -0.39 is 0 Å². The average Bonchev–Trinajstić information content (AvgIpc) is 2.97. The third-order valence-corrected chi connectivity index (χ3v) is 5.05. The van der Waals surface area contributed by atoms with Crippen molar-refractivity contribution in [2.45, 2.75) is 25.2 Å². The zero-order valence-electron chi connectivity index (χ0n) is 12.2. The quantitative estimate of drug-likeness (QED) is 0.611. The van der Waals surface area contributed by atoms with E-state index in [1.165, 1.54) is 0 Å². The summed E-state index contributed by atoms with van der Waals surface area (Å²) in [5, 5.41) is 0. The molecule has 1 aliphatic heterocycles. The molecule has 0 bridgehead atoms. The highest BCUT2D eigenvalue weighted by Gasteiger charge is 2.37. The first-order chi connectivity index (χ1) is 10.3. The summed E-state index contributed by atoms with van der Waals surface area (Å²) in [4.78, 5) is 15.0. The van der Waals surface area contributed by atoms with Crippen LogP contribution in [-0.2, 0) is 4.79 Å². The van der Waals surface area contributed by atoms with E-state index in [4.69, 9.17) is 11.6 Å². The maximum atomic E-state index is 12.9. The number of nitrogens with zero attached hydrogens (tertiary/aromatic N) is 1. The lowest BCUT2D eigenvalue weighted by Crippen LogP contribution is -2.34. The summed E-state index contributed by atoms with van der Waals surface area (Å²) >= 11 is 5.94. The highest BCUT2D eigenvalue weighted by molar-refractivity contribution is 6.18. The fourth-order valence-electron chi connectivity index (χ4n) is 3.64. The topological polar surface area (TPSA) is 20.3 Å². The maximum absolute atomic E-state index is 12.9. The molecule has 0 saturated carbocycles. The fourth-order valence-corrected chi connectivity index (χ4v) is 3.86. The van der Waals surface area contributed by atoms with Crippen LogP contribution in [0.3, 0.4) is 0 Å². The number of hydrogen-bond donors (Lipinski definition) is 0. The molecule has 1 fully saturated rings. The minimum atomic E-state index is -0.0863. The molecule has 1 heterocycles. The molecular weight excluding hydrogens is 282 g/mol. The molecule has 1 saturated heterocycles. The number of carbonyl (C=O) groups is 1. The molecule has 3 rings (SSSR count). The number of halogens is 1. The Morgan fingerprint density at radius 1 is 1.14 bits per heavy atom. The first-order valence-electron chi connectivity index (χ1n) is 7.84. The number of benzene rings is 1. The lowest BCUT2D eigenvalue weighted by molar-refractivity contribution is -0.132. The van der Waals surface area contributed by atoms with Crippen LogP contribution in [0.15, 0.2) is 42.5 Å². The molecule has 3 unspecified atom stereocenters. The molecular formula is C18H22ClNO. The van der Waals surface area contributed by atoms with Crippen LogP contribution in [0.25, 0.3) is 0 Å². The number of alkyl halides is 1. The lowest BCUT2D eigenvalue weighted by Gasteiger charge is -2.23. The Hall–Kier alpha value is -1.28. The van der Waals surface area contributed by atoms with Gasteiger partial charge in [0.15, 0.2) is 0 Å². The van der Waals surface area contributed by atoms with E-state index in [0.717, 1.165) is 31.5 Å². The molecule has 2 nitrogen and oxygen atoms in total. The van der Waals surface area contributed by atoms with Gasteiger partial charge in [0, 0.05) is 19.0 Å². The van der Waals surface area contributed by atoms with Gasteiger partial charge >= 0.3 is 0 Å². The summed E-state index contributed by atoms with van der Waals surface area (Å²) in [5.41, 5.74) is 1.09. The van der Waals surface area contributed by atoms with Crippen molar-refractivity contribution in [3.8, 4) is 0 Å². The minimum Gasteiger partial charge on any atom is -0.342 e. The van der Waals surface area contributed by atoms with Crippen LogP contribution in [0, 0.1) is 11.8 Å². The van der Waals surface area contributed by atoms with Gasteiger partial charge in [-0.25, -0.2) is 0 Å². The molecule has 21 heavy (non-hydrogen) atoms. The highest BCUT2D eigenvalue weighted by atomic mass is 35.5. The SMILES string of the molecule is O=C(C(CCCl)c1ccccc1)N1CC2CC=CCC2C1. The van der Waals surface area contributed by atoms with Crippen LogP contribution in [0.4, 0.5) is 0 Å². The minimum absolute atomic E-state index is 0.0863. The normalized spacial score (nSPS) is 25.7. The van der Waals surface area contributed by atoms with Gasteiger partial charge in [-0.3, -0.25) is 4.79 Å². The van der Waals surface area contributed by atoms with Crippen LogP contribution in [-0.4, -0.2) is 29.8 Å². The molecule has 1 aliphatic carbocycles. The molecule has 0 radical (unpaired) electrons. The molecule has 1 aromatic rings. The Labute approximate surface area is 131 Å². The first kappa shape index (κ1) is 14.6. The Bertz CT molecular complexity index is 497. The van der Waals surface area contributed by atoms with Gasteiger partial charge in [-0.2, -0.15) is 0 Å². The summed E-state index contributed by atoms with van der Waals surface area (Å²) in [6, 6.07) is 10.1. The van der Waals surface area contributed by atoms with Crippen molar-refractivity contribution in [1.82, 2.24) is 4.90 Å². The molecule has 2 aliphatic rings. The first-order valence-corrected chi connectivity index (χ1v) is 8.37. The predicted octanol–water partition coefficient (Wildman–Crippen LogP) is 3.82. The third-order valence-electron chi connectivity index (χ3n) is 4.83. The van der Waals surface area contributed by atoms with Gasteiger partial charge in [-0.05, 0) is 36.7 Å². The van der Waals surface area contributed by atoms with Crippen molar-refractivity contribution in [3.05, 3.63) is 48.0 Å². The van der Waals surface area contributed by atoms with E-state index in [-0.39, 0.29) is 11.8 Å². The summed E-state index contributed by atoms with van der Waals surface area (Å²) in [6.07, 6.45) is 7.50. The van der Waals surface area contributed by atoms with E-state index in [1.54, 1.807) is 0 Å². The van der Waals surface area contributed by atoms with Crippen molar-refractivity contribution in [3.63, 3.8) is 0 Å². The maximum Gasteiger partial charge on any atom is 0.230 e. The van der Waals surface area contributed by atoms with Crippen molar-refractivity contribution in [2.24, 2.45) is 11.8 Å². The average molecular weight is 304 g/mol. The van der Waals surface area contributed by atoms with Crippen molar-refractivity contribution in [1.29, 1.82) is 0 Å². The summed E-state index contributed by atoms with van der Waals surface area (Å²) in [5.74, 6) is 2.01. The number of hydrogen-bond acceptors (Lipinski definition) is 1. The van der Waals surface area contributed by atoms with Gasteiger partial charge in [-0.15, -0.1) is 11.6 Å². The molecule has 3 atom stereocenters. The Balaban J connectivity index is 1.73. The molecule has 3 heteroatoms. The Kier molecular flexibility index (Phi) is 4.64. The number of likely N-dealkylation sites (tertiary alicyclic amines) is 1. The standard InChI is InChI=1S/C18H22ClNO/c19-11-10-17(14-6-2-1-3-7-14)18(21)20-12-15-8-4-5-9-16(15)13-20/h1-7,15-17H,8-13H2. The molecule has 0 N–H and O–H groups in total. The molecule has 0 aromatic heterocycles. The van der Waals surface area contributed by atoms with Gasteiger partial charge in [0.25, 0.3) is 0 Å². The molecule has 112 valence electrons. The molecule has 1 amide bonds. The van der Waals surface area contributed by atoms with Gasteiger partial charge < -0.3 is 4.90 Å². The smallest absolute Gasteiger partial charge is 0.230 e. The largest absolute Gasteiger partial charge is 0.342 e. The fraction of sp³-hybridized carbons (Fsp3) is 0.500. The van der Waals surface area contributed by atoms with Crippen LogP contribution in [0.2, 0.25) is 0 Å². The molecule has 1 aromatic carbocycles.